The van der Waals surface area contributed by atoms with Crippen LogP contribution >= 0.6 is 11.6 Å². The van der Waals surface area contributed by atoms with Crippen LogP contribution in [0.4, 0.5) is 14.5 Å². The molecule has 16 heavy (non-hydrogen) atoms. The Bertz CT molecular complexity index is 327. The second-order valence-corrected chi connectivity index (χ2v) is 3.41. The van der Waals surface area contributed by atoms with Gasteiger partial charge in [-0.05, 0) is 6.07 Å². The molecule has 0 heterocycles. The molecule has 3 nitrogen and oxygen atoms in total. The Morgan fingerprint density at radius 3 is 2.69 bits per heavy atom. The average Bonchev–Trinajstić information content (AvgIpc) is 2.20. The van der Waals surface area contributed by atoms with Crippen LogP contribution in [0.15, 0.2) is 12.1 Å². The van der Waals surface area contributed by atoms with E-state index in [1.165, 1.54) is 0 Å². The van der Waals surface area contributed by atoms with Crippen molar-refractivity contribution in [3.8, 4) is 0 Å². The molecule has 2 N–H and O–H groups in total. The first-order valence-corrected chi connectivity index (χ1v) is 5.10. The van der Waals surface area contributed by atoms with Crippen molar-refractivity contribution in [2.45, 2.75) is 0 Å². The molecule has 0 aliphatic carbocycles. The standard InChI is InChI=1S/C10H12ClF2NO2/c11-8-5-7(12)6-9(13)10(8)14-1-3-16-4-2-15/h5-6,14-15H,1-4H2. The van der Waals surface area contributed by atoms with Crippen molar-refractivity contribution in [3.05, 3.63) is 28.8 Å². The van der Waals surface area contributed by atoms with Gasteiger partial charge in [0.05, 0.1) is 30.5 Å². The summed E-state index contributed by atoms with van der Waals surface area (Å²) >= 11 is 5.65. The van der Waals surface area contributed by atoms with Crippen molar-refractivity contribution in [2.24, 2.45) is 0 Å². The maximum atomic E-state index is 13.2. The molecule has 0 radical (unpaired) electrons. The van der Waals surface area contributed by atoms with Gasteiger partial charge in [-0.1, -0.05) is 11.6 Å². The summed E-state index contributed by atoms with van der Waals surface area (Å²) in [6.07, 6.45) is 0. The highest BCUT2D eigenvalue weighted by Crippen LogP contribution is 2.25. The number of rotatable bonds is 6. The molecule has 90 valence electrons. The Morgan fingerprint density at radius 1 is 1.31 bits per heavy atom. The van der Waals surface area contributed by atoms with Crippen LogP contribution in [-0.2, 0) is 4.74 Å². The maximum Gasteiger partial charge on any atom is 0.150 e. The summed E-state index contributed by atoms with van der Waals surface area (Å²) in [7, 11) is 0. The van der Waals surface area contributed by atoms with Crippen molar-refractivity contribution in [2.75, 3.05) is 31.7 Å². The minimum Gasteiger partial charge on any atom is -0.394 e. The summed E-state index contributed by atoms with van der Waals surface area (Å²) in [6.45, 7) is 0.781. The number of ether oxygens (including phenoxy) is 1. The zero-order chi connectivity index (χ0) is 12.0. The van der Waals surface area contributed by atoms with E-state index in [-0.39, 0.29) is 23.9 Å². The van der Waals surface area contributed by atoms with Crippen LogP contribution < -0.4 is 5.32 Å². The lowest BCUT2D eigenvalue weighted by Gasteiger charge is -2.09. The lowest BCUT2D eigenvalue weighted by atomic mass is 10.3. The summed E-state index contributed by atoms with van der Waals surface area (Å²) in [5, 5.41) is 11.1. The predicted octanol–water partition coefficient (Wildman–Crippen LogP) is 2.04. The zero-order valence-corrected chi connectivity index (χ0v) is 9.23. The van der Waals surface area contributed by atoms with Crippen molar-refractivity contribution in [3.63, 3.8) is 0 Å². The molecule has 1 aromatic rings. The van der Waals surface area contributed by atoms with Crippen molar-refractivity contribution in [1.82, 2.24) is 0 Å². The van der Waals surface area contributed by atoms with Crippen LogP contribution in [0.1, 0.15) is 0 Å². The Balaban J connectivity index is 2.47. The van der Waals surface area contributed by atoms with Crippen LogP contribution in [0.3, 0.4) is 0 Å². The number of halogens is 3. The number of aliphatic hydroxyl groups is 1. The molecule has 0 fully saturated rings. The minimum atomic E-state index is -0.743. The number of aliphatic hydroxyl groups excluding tert-OH is 1. The van der Waals surface area contributed by atoms with E-state index in [1.54, 1.807) is 0 Å². The second kappa shape index (κ2) is 6.62. The summed E-state index contributed by atoms with van der Waals surface area (Å²) in [4.78, 5) is 0. The summed E-state index contributed by atoms with van der Waals surface area (Å²) in [5.41, 5.74) is 0.0515. The van der Waals surface area contributed by atoms with Gasteiger partial charge in [0.15, 0.2) is 5.82 Å². The van der Waals surface area contributed by atoms with Crippen LogP contribution in [0.25, 0.3) is 0 Å². The molecular formula is C10H12ClF2NO2. The van der Waals surface area contributed by atoms with Crippen LogP contribution in [0, 0.1) is 11.6 Å². The fourth-order valence-corrected chi connectivity index (χ4v) is 1.39. The van der Waals surface area contributed by atoms with Gasteiger partial charge in [-0.15, -0.1) is 0 Å². The van der Waals surface area contributed by atoms with Gasteiger partial charge in [-0.25, -0.2) is 8.78 Å². The van der Waals surface area contributed by atoms with E-state index >= 15 is 0 Å². The summed E-state index contributed by atoms with van der Waals surface area (Å²) in [6, 6.07) is 1.78. The minimum absolute atomic E-state index is 0.0142. The van der Waals surface area contributed by atoms with E-state index in [1.807, 2.05) is 0 Å². The number of nitrogens with one attached hydrogen (secondary N) is 1. The van der Waals surface area contributed by atoms with Gasteiger partial charge in [0.25, 0.3) is 0 Å². The SMILES string of the molecule is OCCOCCNc1c(F)cc(F)cc1Cl. The molecule has 0 amide bonds. The molecular weight excluding hydrogens is 240 g/mol. The molecule has 1 rings (SSSR count). The summed E-state index contributed by atoms with van der Waals surface area (Å²) < 4.78 is 30.9. The topological polar surface area (TPSA) is 41.5 Å². The van der Waals surface area contributed by atoms with Gasteiger partial charge in [-0.3, -0.25) is 0 Å². The molecule has 0 aliphatic rings. The average molecular weight is 252 g/mol. The molecule has 0 saturated carbocycles. The van der Waals surface area contributed by atoms with E-state index in [9.17, 15) is 8.78 Å². The molecule has 0 spiro atoms. The molecule has 0 aromatic heterocycles. The number of hydrogen-bond donors (Lipinski definition) is 2. The second-order valence-electron chi connectivity index (χ2n) is 3.01. The third-order valence-corrected chi connectivity index (χ3v) is 2.09. The molecule has 1 aromatic carbocycles. The van der Waals surface area contributed by atoms with E-state index in [4.69, 9.17) is 21.4 Å². The monoisotopic (exact) mass is 251 g/mol. The quantitative estimate of drug-likeness (QED) is 0.761. The van der Waals surface area contributed by atoms with Gasteiger partial charge < -0.3 is 15.2 Å². The van der Waals surface area contributed by atoms with Crippen LogP contribution in [0.2, 0.25) is 5.02 Å². The lowest BCUT2D eigenvalue weighted by molar-refractivity contribution is 0.0992. The highest BCUT2D eigenvalue weighted by atomic mass is 35.5. The fraction of sp³-hybridized carbons (Fsp3) is 0.400. The highest BCUT2D eigenvalue weighted by Gasteiger charge is 2.08. The van der Waals surface area contributed by atoms with Crippen LogP contribution in [-0.4, -0.2) is 31.5 Å². The van der Waals surface area contributed by atoms with Gasteiger partial charge >= 0.3 is 0 Å². The third kappa shape index (κ3) is 3.92. The van der Waals surface area contributed by atoms with Gasteiger partial charge in [0.2, 0.25) is 0 Å². The Morgan fingerprint density at radius 2 is 2.06 bits per heavy atom. The highest BCUT2D eigenvalue weighted by molar-refractivity contribution is 6.33. The van der Waals surface area contributed by atoms with E-state index in [2.05, 4.69) is 5.32 Å². The van der Waals surface area contributed by atoms with E-state index in [0.29, 0.717) is 13.2 Å². The van der Waals surface area contributed by atoms with Gasteiger partial charge in [0.1, 0.15) is 5.82 Å². The van der Waals surface area contributed by atoms with Crippen molar-refractivity contribution < 1.29 is 18.6 Å². The molecule has 6 heteroatoms. The number of anilines is 1. The largest absolute Gasteiger partial charge is 0.394 e. The molecule has 0 unspecified atom stereocenters. The smallest absolute Gasteiger partial charge is 0.150 e. The Labute approximate surface area is 97.0 Å². The van der Waals surface area contributed by atoms with Crippen molar-refractivity contribution >= 4 is 17.3 Å². The third-order valence-electron chi connectivity index (χ3n) is 1.79. The first kappa shape index (κ1) is 13.2. The maximum absolute atomic E-state index is 13.2. The van der Waals surface area contributed by atoms with E-state index < -0.39 is 11.6 Å². The van der Waals surface area contributed by atoms with Gasteiger partial charge in [0, 0.05) is 12.6 Å². The molecule has 0 saturated heterocycles. The Kier molecular flexibility index (Phi) is 5.45. The molecule has 0 bridgehead atoms. The molecule has 0 aliphatic heterocycles. The first-order valence-electron chi connectivity index (χ1n) is 4.72. The normalized spacial score (nSPS) is 10.5. The van der Waals surface area contributed by atoms with E-state index in [0.717, 1.165) is 12.1 Å². The van der Waals surface area contributed by atoms with Crippen molar-refractivity contribution in [1.29, 1.82) is 0 Å². The number of hydrogen-bond acceptors (Lipinski definition) is 3. The predicted molar refractivity (Wildman–Crippen MR) is 57.8 cm³/mol. The lowest BCUT2D eigenvalue weighted by Crippen LogP contribution is -2.12. The van der Waals surface area contributed by atoms with Crippen LogP contribution in [0.5, 0.6) is 0 Å². The van der Waals surface area contributed by atoms with Gasteiger partial charge in [-0.2, -0.15) is 0 Å². The Hall–Kier alpha value is -0.910. The number of benzene rings is 1. The zero-order valence-electron chi connectivity index (χ0n) is 8.47. The molecule has 0 atom stereocenters. The summed E-state index contributed by atoms with van der Waals surface area (Å²) in [5.74, 6) is -1.46. The fourth-order valence-electron chi connectivity index (χ4n) is 1.13. The first-order chi connectivity index (χ1) is 7.65.